The second-order valence-electron chi connectivity index (χ2n) is 7.85. The molecule has 1 saturated carbocycles. The van der Waals surface area contributed by atoms with Crippen LogP contribution in [0.15, 0.2) is 0 Å². The van der Waals surface area contributed by atoms with E-state index < -0.39 is 0 Å². The molecule has 3 rings (SSSR count). The Kier molecular flexibility index (Phi) is 4.28. The highest BCUT2D eigenvalue weighted by Gasteiger charge is 2.44. The third-order valence-corrected chi connectivity index (χ3v) is 5.84. The zero-order valence-electron chi connectivity index (χ0n) is 14.0. The van der Waals surface area contributed by atoms with E-state index in [4.69, 9.17) is 0 Å². The molecule has 4 nitrogen and oxygen atoms in total. The summed E-state index contributed by atoms with van der Waals surface area (Å²) in [6, 6.07) is 1.32. The van der Waals surface area contributed by atoms with E-state index in [0.29, 0.717) is 6.04 Å². The third kappa shape index (κ3) is 3.11. The molecule has 2 saturated heterocycles. The molecule has 0 aromatic carbocycles. The first-order chi connectivity index (χ1) is 9.97. The minimum Gasteiger partial charge on any atom is -0.339 e. The zero-order chi connectivity index (χ0) is 15.0. The van der Waals surface area contributed by atoms with Crippen molar-refractivity contribution in [3.05, 3.63) is 0 Å². The van der Waals surface area contributed by atoms with Crippen LogP contribution < -0.4 is 0 Å². The number of hydrogen-bond acceptors (Lipinski definition) is 3. The predicted octanol–water partition coefficient (Wildman–Crippen LogP) is 1.95. The first-order valence-corrected chi connectivity index (χ1v) is 8.74. The molecule has 3 aliphatic rings. The standard InChI is InChI=1S/C17H31N3O/c1-14(21)19-12-16-11-18(15-7-5-4-6-8-15)9-10-20(16)17(2,3)13-19/h15-16H,4-13H2,1-3H3/t16-/m0/s1. The Bertz CT molecular complexity index is 389. The topological polar surface area (TPSA) is 26.8 Å². The highest BCUT2D eigenvalue weighted by Crippen LogP contribution is 2.31. The molecule has 1 aliphatic carbocycles. The molecule has 0 spiro atoms. The van der Waals surface area contributed by atoms with Gasteiger partial charge in [-0.3, -0.25) is 14.6 Å². The number of carbonyl (C=O) groups excluding carboxylic acids is 1. The average Bonchev–Trinajstić information content (AvgIpc) is 2.46. The van der Waals surface area contributed by atoms with Gasteiger partial charge in [0.05, 0.1) is 0 Å². The molecular weight excluding hydrogens is 262 g/mol. The van der Waals surface area contributed by atoms with Crippen LogP contribution in [0.25, 0.3) is 0 Å². The van der Waals surface area contributed by atoms with Crippen LogP contribution in [-0.4, -0.2) is 71.0 Å². The van der Waals surface area contributed by atoms with Crippen molar-refractivity contribution in [2.24, 2.45) is 0 Å². The second-order valence-corrected chi connectivity index (χ2v) is 7.85. The summed E-state index contributed by atoms with van der Waals surface area (Å²) in [7, 11) is 0. The summed E-state index contributed by atoms with van der Waals surface area (Å²) >= 11 is 0. The molecule has 2 aliphatic heterocycles. The molecule has 0 aromatic heterocycles. The maximum absolute atomic E-state index is 11.8. The zero-order valence-corrected chi connectivity index (χ0v) is 14.0. The summed E-state index contributed by atoms with van der Waals surface area (Å²) in [4.78, 5) is 19.3. The van der Waals surface area contributed by atoms with Gasteiger partial charge in [0, 0.05) is 57.3 Å². The molecule has 4 heteroatoms. The van der Waals surface area contributed by atoms with Crippen molar-refractivity contribution >= 4 is 5.91 Å². The minimum absolute atomic E-state index is 0.118. The Morgan fingerprint density at radius 2 is 1.71 bits per heavy atom. The van der Waals surface area contributed by atoms with Crippen LogP contribution in [0, 0.1) is 0 Å². The van der Waals surface area contributed by atoms with Gasteiger partial charge in [-0.05, 0) is 26.7 Å². The molecule has 1 atom stereocenters. The fourth-order valence-corrected chi connectivity index (χ4v) is 4.73. The maximum Gasteiger partial charge on any atom is 0.219 e. The largest absolute Gasteiger partial charge is 0.339 e. The summed E-state index contributed by atoms with van der Waals surface area (Å²) in [6.07, 6.45) is 6.99. The van der Waals surface area contributed by atoms with E-state index in [9.17, 15) is 4.79 Å². The summed E-state index contributed by atoms with van der Waals surface area (Å²) in [5, 5.41) is 0. The van der Waals surface area contributed by atoms with E-state index in [-0.39, 0.29) is 11.4 Å². The molecule has 0 aromatic rings. The number of amides is 1. The summed E-state index contributed by atoms with van der Waals surface area (Å²) in [6.45, 7) is 11.6. The Labute approximate surface area is 129 Å². The highest BCUT2D eigenvalue weighted by molar-refractivity contribution is 5.73. The second kappa shape index (κ2) is 5.88. The third-order valence-electron chi connectivity index (χ3n) is 5.84. The van der Waals surface area contributed by atoms with Gasteiger partial charge >= 0.3 is 0 Å². The van der Waals surface area contributed by atoms with Crippen molar-refractivity contribution in [2.75, 3.05) is 32.7 Å². The lowest BCUT2D eigenvalue weighted by Gasteiger charge is -2.56. The lowest BCUT2D eigenvalue weighted by molar-refractivity contribution is -0.140. The van der Waals surface area contributed by atoms with E-state index in [1.165, 1.54) is 45.2 Å². The van der Waals surface area contributed by atoms with Gasteiger partial charge in [-0.2, -0.15) is 0 Å². The molecular formula is C17H31N3O. The molecule has 2 heterocycles. The Balaban J connectivity index is 1.69. The van der Waals surface area contributed by atoms with Crippen LogP contribution in [0.2, 0.25) is 0 Å². The molecule has 0 radical (unpaired) electrons. The van der Waals surface area contributed by atoms with Crippen molar-refractivity contribution in [1.29, 1.82) is 0 Å². The smallest absolute Gasteiger partial charge is 0.219 e. The number of nitrogens with zero attached hydrogens (tertiary/aromatic N) is 3. The fourth-order valence-electron chi connectivity index (χ4n) is 4.73. The Hall–Kier alpha value is -0.610. The Morgan fingerprint density at radius 1 is 1.00 bits per heavy atom. The van der Waals surface area contributed by atoms with Crippen LogP contribution in [0.3, 0.4) is 0 Å². The first-order valence-electron chi connectivity index (χ1n) is 8.74. The van der Waals surface area contributed by atoms with E-state index in [1.807, 2.05) is 0 Å². The van der Waals surface area contributed by atoms with Crippen LogP contribution in [0.5, 0.6) is 0 Å². The summed E-state index contributed by atoms with van der Waals surface area (Å²) < 4.78 is 0. The van der Waals surface area contributed by atoms with Crippen molar-refractivity contribution < 1.29 is 4.79 Å². The molecule has 0 unspecified atom stereocenters. The minimum atomic E-state index is 0.118. The monoisotopic (exact) mass is 293 g/mol. The lowest BCUT2D eigenvalue weighted by Crippen LogP contribution is -2.70. The molecule has 0 bridgehead atoms. The predicted molar refractivity (Wildman–Crippen MR) is 85.3 cm³/mol. The molecule has 1 amide bonds. The van der Waals surface area contributed by atoms with Gasteiger partial charge in [0.15, 0.2) is 0 Å². The van der Waals surface area contributed by atoms with Crippen LogP contribution in [0.1, 0.15) is 52.9 Å². The Morgan fingerprint density at radius 3 is 2.38 bits per heavy atom. The number of piperazine rings is 2. The van der Waals surface area contributed by atoms with Crippen molar-refractivity contribution in [3.63, 3.8) is 0 Å². The van der Waals surface area contributed by atoms with Crippen molar-refractivity contribution in [1.82, 2.24) is 14.7 Å². The molecule has 21 heavy (non-hydrogen) atoms. The van der Waals surface area contributed by atoms with Crippen molar-refractivity contribution in [2.45, 2.75) is 70.5 Å². The van der Waals surface area contributed by atoms with Crippen LogP contribution in [-0.2, 0) is 4.79 Å². The van der Waals surface area contributed by atoms with Crippen LogP contribution in [0.4, 0.5) is 0 Å². The highest BCUT2D eigenvalue weighted by atomic mass is 16.2. The van der Waals surface area contributed by atoms with E-state index in [2.05, 4.69) is 28.5 Å². The van der Waals surface area contributed by atoms with E-state index >= 15 is 0 Å². The first kappa shape index (κ1) is 15.3. The maximum atomic E-state index is 11.8. The van der Waals surface area contributed by atoms with Gasteiger partial charge < -0.3 is 4.90 Å². The normalized spacial score (nSPS) is 32.0. The van der Waals surface area contributed by atoms with Gasteiger partial charge in [-0.15, -0.1) is 0 Å². The quantitative estimate of drug-likeness (QED) is 0.739. The molecule has 120 valence electrons. The SMILES string of the molecule is CC(=O)N1C[C@@H]2CN(C3CCCCC3)CCN2C(C)(C)C1. The van der Waals surface area contributed by atoms with Gasteiger partial charge in [0.2, 0.25) is 5.91 Å². The van der Waals surface area contributed by atoms with Gasteiger partial charge in [-0.1, -0.05) is 19.3 Å². The van der Waals surface area contributed by atoms with Gasteiger partial charge in [0.1, 0.15) is 0 Å². The fraction of sp³-hybridized carbons (Fsp3) is 0.941. The number of hydrogen-bond donors (Lipinski definition) is 0. The van der Waals surface area contributed by atoms with Gasteiger partial charge in [-0.25, -0.2) is 0 Å². The summed E-state index contributed by atoms with van der Waals surface area (Å²) in [5.74, 6) is 0.234. The van der Waals surface area contributed by atoms with E-state index in [0.717, 1.165) is 25.7 Å². The van der Waals surface area contributed by atoms with Gasteiger partial charge in [0.25, 0.3) is 0 Å². The number of fused-ring (bicyclic) bond motifs is 1. The number of carbonyl (C=O) groups is 1. The molecule has 3 fully saturated rings. The average molecular weight is 293 g/mol. The number of rotatable bonds is 1. The summed E-state index contributed by atoms with van der Waals surface area (Å²) in [5.41, 5.74) is 0.118. The van der Waals surface area contributed by atoms with Crippen LogP contribution >= 0.6 is 0 Å². The lowest BCUT2D eigenvalue weighted by atomic mass is 9.89. The van der Waals surface area contributed by atoms with Crippen molar-refractivity contribution in [3.8, 4) is 0 Å². The molecule has 0 N–H and O–H groups in total. The van der Waals surface area contributed by atoms with E-state index in [1.54, 1.807) is 6.92 Å².